The Balaban J connectivity index is 2.15. The van der Waals surface area contributed by atoms with Crippen molar-refractivity contribution >= 4 is 5.91 Å². The molecular weight excluding hydrogens is 287 g/mol. The largest absolute Gasteiger partial charge is 0.491 e. The number of imidazole rings is 1. The summed E-state index contributed by atoms with van der Waals surface area (Å²) in [5.41, 5.74) is 6.40. The van der Waals surface area contributed by atoms with E-state index in [2.05, 4.69) is 15.3 Å². The average Bonchev–Trinajstić information content (AvgIpc) is 2.92. The maximum Gasteiger partial charge on any atom is 0.255 e. The Kier molecular flexibility index (Phi) is 5.11. The molecule has 118 valence electrons. The van der Waals surface area contributed by atoms with Gasteiger partial charge in [-0.25, -0.2) is 9.37 Å². The highest BCUT2D eigenvalue weighted by Crippen LogP contribution is 2.21. The molecule has 2 rings (SSSR count). The van der Waals surface area contributed by atoms with Crippen molar-refractivity contribution in [2.24, 2.45) is 5.73 Å². The normalized spacial score (nSPS) is 12.0. The Morgan fingerprint density at radius 1 is 1.55 bits per heavy atom. The second-order valence-electron chi connectivity index (χ2n) is 4.92. The summed E-state index contributed by atoms with van der Waals surface area (Å²) in [6.45, 7) is 4.21. The van der Waals surface area contributed by atoms with Crippen LogP contribution in [0.4, 0.5) is 4.39 Å². The number of nitrogens with two attached hydrogens (primary N) is 1. The molecule has 2 aromatic rings. The van der Waals surface area contributed by atoms with Crippen LogP contribution in [0.15, 0.2) is 24.4 Å². The first-order chi connectivity index (χ1) is 10.5. The Morgan fingerprint density at radius 2 is 2.32 bits per heavy atom. The Hall–Kier alpha value is -2.41. The molecule has 0 aliphatic carbocycles. The van der Waals surface area contributed by atoms with E-state index in [1.165, 1.54) is 12.1 Å². The lowest BCUT2D eigenvalue weighted by Gasteiger charge is -2.14. The van der Waals surface area contributed by atoms with Crippen LogP contribution in [0.5, 0.6) is 5.75 Å². The van der Waals surface area contributed by atoms with Gasteiger partial charge in [-0.15, -0.1) is 0 Å². The van der Waals surface area contributed by atoms with Gasteiger partial charge >= 0.3 is 0 Å². The van der Waals surface area contributed by atoms with Crippen LogP contribution in [0.1, 0.15) is 34.8 Å². The number of carbonyl (C=O) groups excluding carboxylic acids is 1. The highest BCUT2D eigenvalue weighted by atomic mass is 19.1. The number of H-pyrrole nitrogens is 1. The molecule has 0 unspecified atom stereocenters. The van der Waals surface area contributed by atoms with Gasteiger partial charge in [0.25, 0.3) is 5.91 Å². The molecule has 0 saturated carbocycles. The topological polar surface area (TPSA) is 93.0 Å². The van der Waals surface area contributed by atoms with E-state index in [-0.39, 0.29) is 18.2 Å². The van der Waals surface area contributed by atoms with Crippen LogP contribution >= 0.6 is 0 Å². The van der Waals surface area contributed by atoms with Crippen molar-refractivity contribution in [3.8, 4) is 5.75 Å². The lowest BCUT2D eigenvalue weighted by atomic mass is 10.1. The van der Waals surface area contributed by atoms with Crippen LogP contribution in [0, 0.1) is 12.7 Å². The summed E-state index contributed by atoms with van der Waals surface area (Å²) in [6, 6.07) is 3.46. The molecule has 1 aromatic heterocycles. The van der Waals surface area contributed by atoms with Crippen molar-refractivity contribution in [2.75, 3.05) is 13.2 Å². The molecule has 0 aliphatic heterocycles. The number of hydrogen-bond donors (Lipinski definition) is 3. The molecule has 1 amide bonds. The summed E-state index contributed by atoms with van der Waals surface area (Å²) in [7, 11) is 0. The van der Waals surface area contributed by atoms with Gasteiger partial charge in [-0.3, -0.25) is 4.79 Å². The summed E-state index contributed by atoms with van der Waals surface area (Å²) < 4.78 is 18.8. The fourth-order valence-electron chi connectivity index (χ4n) is 1.97. The first-order valence-corrected chi connectivity index (χ1v) is 6.96. The van der Waals surface area contributed by atoms with Gasteiger partial charge in [0.1, 0.15) is 24.0 Å². The van der Waals surface area contributed by atoms with Crippen LogP contribution in [0.25, 0.3) is 0 Å². The molecule has 1 aromatic carbocycles. The standard InChI is InChI=1S/C15H19FN4O2/c1-9-8-18-14(19-9)10(2)20-15(21)12-7-11(16)3-4-13(12)22-6-5-17/h3-4,7-8,10H,5-6,17H2,1-2H3,(H,18,19)(H,20,21)/t10-/m1/s1. The number of amides is 1. The van der Waals surface area contributed by atoms with E-state index in [9.17, 15) is 9.18 Å². The summed E-state index contributed by atoms with van der Waals surface area (Å²) in [6.07, 6.45) is 1.68. The molecule has 0 saturated heterocycles. The van der Waals surface area contributed by atoms with E-state index < -0.39 is 11.7 Å². The molecule has 1 heterocycles. The third-order valence-corrected chi connectivity index (χ3v) is 3.04. The lowest BCUT2D eigenvalue weighted by Crippen LogP contribution is -2.28. The maximum absolute atomic E-state index is 13.4. The quantitative estimate of drug-likeness (QED) is 0.757. The van der Waals surface area contributed by atoms with E-state index in [0.717, 1.165) is 11.8 Å². The van der Waals surface area contributed by atoms with Crippen LogP contribution in [0.3, 0.4) is 0 Å². The number of rotatable bonds is 6. The van der Waals surface area contributed by atoms with Gasteiger partial charge < -0.3 is 20.8 Å². The van der Waals surface area contributed by atoms with E-state index in [4.69, 9.17) is 10.5 Å². The third-order valence-electron chi connectivity index (χ3n) is 3.04. The van der Waals surface area contributed by atoms with Gasteiger partial charge in [0.2, 0.25) is 0 Å². The molecule has 0 radical (unpaired) electrons. The lowest BCUT2D eigenvalue weighted by molar-refractivity contribution is 0.0934. The number of aromatic nitrogens is 2. The Bertz CT molecular complexity index is 657. The number of ether oxygens (including phenoxy) is 1. The minimum atomic E-state index is -0.508. The number of carbonyl (C=O) groups is 1. The van der Waals surface area contributed by atoms with E-state index in [1.807, 2.05) is 6.92 Å². The minimum Gasteiger partial charge on any atom is -0.491 e. The fourth-order valence-corrected chi connectivity index (χ4v) is 1.97. The van der Waals surface area contributed by atoms with Crippen molar-refractivity contribution < 1.29 is 13.9 Å². The Labute approximate surface area is 127 Å². The third kappa shape index (κ3) is 3.82. The molecule has 22 heavy (non-hydrogen) atoms. The average molecular weight is 306 g/mol. The SMILES string of the molecule is Cc1cnc([C@@H](C)NC(=O)c2cc(F)ccc2OCCN)[nH]1. The number of aromatic amines is 1. The van der Waals surface area contributed by atoms with Gasteiger partial charge in [-0.1, -0.05) is 0 Å². The van der Waals surface area contributed by atoms with Crippen LogP contribution in [0.2, 0.25) is 0 Å². The second-order valence-corrected chi connectivity index (χ2v) is 4.92. The number of benzene rings is 1. The van der Waals surface area contributed by atoms with E-state index in [0.29, 0.717) is 18.1 Å². The second kappa shape index (κ2) is 7.04. The van der Waals surface area contributed by atoms with Crippen LogP contribution in [-0.2, 0) is 0 Å². The van der Waals surface area contributed by atoms with Crippen LogP contribution < -0.4 is 15.8 Å². The summed E-state index contributed by atoms with van der Waals surface area (Å²) in [5.74, 6) is -0.0151. The smallest absolute Gasteiger partial charge is 0.255 e. The molecule has 7 heteroatoms. The van der Waals surface area contributed by atoms with Crippen molar-refractivity contribution in [2.45, 2.75) is 19.9 Å². The molecule has 0 fully saturated rings. The first kappa shape index (κ1) is 16.0. The molecule has 0 spiro atoms. The monoisotopic (exact) mass is 306 g/mol. The molecule has 1 atom stereocenters. The van der Waals surface area contributed by atoms with E-state index >= 15 is 0 Å². The highest BCUT2D eigenvalue weighted by Gasteiger charge is 2.18. The zero-order chi connectivity index (χ0) is 16.1. The molecular formula is C15H19FN4O2. The van der Waals surface area contributed by atoms with Crippen LogP contribution in [-0.4, -0.2) is 29.0 Å². The number of aryl methyl sites for hydroxylation is 1. The van der Waals surface area contributed by atoms with Gasteiger partial charge in [0.15, 0.2) is 0 Å². The van der Waals surface area contributed by atoms with Gasteiger partial charge in [-0.05, 0) is 32.0 Å². The van der Waals surface area contributed by atoms with Crippen molar-refractivity contribution in [1.29, 1.82) is 0 Å². The summed E-state index contributed by atoms with van der Waals surface area (Å²) in [5, 5.41) is 2.76. The predicted molar refractivity (Wildman–Crippen MR) is 80.2 cm³/mol. The van der Waals surface area contributed by atoms with Gasteiger partial charge in [-0.2, -0.15) is 0 Å². The van der Waals surface area contributed by atoms with Crippen molar-refractivity contribution in [1.82, 2.24) is 15.3 Å². The van der Waals surface area contributed by atoms with Gasteiger partial charge in [0, 0.05) is 18.4 Å². The summed E-state index contributed by atoms with van der Waals surface area (Å²) >= 11 is 0. The predicted octanol–water partition coefficient (Wildman–Crippen LogP) is 1.69. The molecule has 0 bridgehead atoms. The minimum absolute atomic E-state index is 0.128. The Morgan fingerprint density at radius 3 is 2.95 bits per heavy atom. The highest BCUT2D eigenvalue weighted by molar-refractivity contribution is 5.97. The number of nitrogens with one attached hydrogen (secondary N) is 2. The van der Waals surface area contributed by atoms with E-state index in [1.54, 1.807) is 13.1 Å². The van der Waals surface area contributed by atoms with Crippen molar-refractivity contribution in [3.05, 3.63) is 47.3 Å². The molecule has 4 N–H and O–H groups in total. The zero-order valence-corrected chi connectivity index (χ0v) is 12.5. The maximum atomic E-state index is 13.4. The van der Waals surface area contributed by atoms with Gasteiger partial charge in [0.05, 0.1) is 11.6 Å². The number of nitrogens with zero attached hydrogens (tertiary/aromatic N) is 1. The zero-order valence-electron chi connectivity index (χ0n) is 12.5. The number of halogens is 1. The first-order valence-electron chi connectivity index (χ1n) is 6.96. The van der Waals surface area contributed by atoms with Crippen molar-refractivity contribution in [3.63, 3.8) is 0 Å². The fraction of sp³-hybridized carbons (Fsp3) is 0.333. The molecule has 0 aliphatic rings. The summed E-state index contributed by atoms with van der Waals surface area (Å²) in [4.78, 5) is 19.5. The number of hydrogen-bond acceptors (Lipinski definition) is 4. The molecule has 6 nitrogen and oxygen atoms in total.